The highest BCUT2D eigenvalue weighted by Gasteiger charge is 2.20. The molecule has 0 aliphatic heterocycles. The predicted octanol–water partition coefficient (Wildman–Crippen LogP) is 7.67. The highest BCUT2D eigenvalue weighted by Crippen LogP contribution is 2.36. The normalized spacial score (nSPS) is 12.0. The Kier molecular flexibility index (Phi) is 18.6. The Labute approximate surface area is 355 Å². The van der Waals surface area contributed by atoms with E-state index in [1.165, 1.54) is 0 Å². The number of methoxy groups -OCH3 is 6. The summed E-state index contributed by atoms with van der Waals surface area (Å²) in [4.78, 5) is 0. The van der Waals surface area contributed by atoms with Crippen LogP contribution < -0.4 is 37.6 Å². The molecule has 4 aromatic rings. The Bertz CT molecular complexity index is 1810. The molecule has 0 saturated carbocycles. The van der Waals surface area contributed by atoms with Crippen molar-refractivity contribution in [2.24, 2.45) is 0 Å². The third kappa shape index (κ3) is 14.2. The first-order chi connectivity index (χ1) is 28.0. The lowest BCUT2D eigenvalue weighted by Gasteiger charge is -2.30. The number of hydrogen-bond acceptors (Lipinski definition) is 8. The molecule has 2 aromatic carbocycles. The molecule has 0 aliphatic rings. The molecule has 314 valence electrons. The summed E-state index contributed by atoms with van der Waals surface area (Å²) in [5.74, 6) is 6.39. The van der Waals surface area contributed by atoms with E-state index in [1.807, 2.05) is 45.9 Å². The average molecular weight is 835 g/mol. The summed E-state index contributed by atoms with van der Waals surface area (Å²) in [5.41, 5.74) is 4.15. The summed E-state index contributed by atoms with van der Waals surface area (Å²) in [6.07, 6.45) is 14.9. The molecular formula is C46H66N4O6S2+4. The fourth-order valence-corrected chi connectivity index (χ4v) is 9.18. The first-order valence-electron chi connectivity index (χ1n) is 19.8. The molecule has 58 heavy (non-hydrogen) atoms. The number of pyridine rings is 2. The van der Waals surface area contributed by atoms with Gasteiger partial charge in [-0.2, -0.15) is 9.13 Å². The van der Waals surface area contributed by atoms with Crippen molar-refractivity contribution in [3.05, 3.63) is 95.6 Å². The molecule has 0 saturated heterocycles. The van der Waals surface area contributed by atoms with Crippen molar-refractivity contribution < 1.29 is 46.5 Å². The fourth-order valence-electron chi connectivity index (χ4n) is 6.65. The van der Waals surface area contributed by atoms with E-state index < -0.39 is 0 Å². The van der Waals surface area contributed by atoms with Crippen LogP contribution in [-0.4, -0.2) is 118 Å². The maximum atomic E-state index is 5.63. The molecule has 0 fully saturated rings. The molecule has 10 nitrogen and oxygen atoms in total. The van der Waals surface area contributed by atoms with Crippen LogP contribution >= 0.6 is 21.6 Å². The van der Waals surface area contributed by atoms with Crippen molar-refractivity contribution in [3.8, 4) is 34.5 Å². The van der Waals surface area contributed by atoms with Gasteiger partial charge in [0.05, 0.1) is 121 Å². The summed E-state index contributed by atoms with van der Waals surface area (Å²) in [6.45, 7) is 6.43. The lowest BCUT2D eigenvalue weighted by Crippen LogP contribution is -2.45. The van der Waals surface area contributed by atoms with Crippen molar-refractivity contribution in [1.82, 2.24) is 0 Å². The Morgan fingerprint density at radius 3 is 1.19 bits per heavy atom. The molecule has 0 radical (unpaired) electrons. The monoisotopic (exact) mass is 834 g/mol. The van der Waals surface area contributed by atoms with Gasteiger partial charge in [-0.15, -0.1) is 0 Å². The number of nitrogens with zero attached hydrogens (tertiary/aromatic N) is 4. The molecular weight excluding hydrogens is 769 g/mol. The van der Waals surface area contributed by atoms with Crippen molar-refractivity contribution >= 4 is 45.9 Å². The van der Waals surface area contributed by atoms with E-state index >= 15 is 0 Å². The number of ether oxygens (including phenoxy) is 6. The zero-order valence-corrected chi connectivity index (χ0v) is 38.0. The predicted molar refractivity (Wildman–Crippen MR) is 241 cm³/mol. The first kappa shape index (κ1) is 46.3. The van der Waals surface area contributed by atoms with Crippen LogP contribution in [0.25, 0.3) is 24.3 Å². The van der Waals surface area contributed by atoms with Crippen molar-refractivity contribution in [3.63, 3.8) is 0 Å². The van der Waals surface area contributed by atoms with Crippen molar-refractivity contribution in [1.29, 1.82) is 0 Å². The quantitative estimate of drug-likeness (QED) is 0.0292. The maximum Gasteiger partial charge on any atom is 0.205 e. The number of quaternary nitrogens is 2. The molecule has 0 N–H and O–H groups in total. The van der Waals surface area contributed by atoms with Gasteiger partial charge in [0.25, 0.3) is 0 Å². The summed E-state index contributed by atoms with van der Waals surface area (Å²) >= 11 is 0. The number of aromatic nitrogens is 2. The van der Waals surface area contributed by atoms with E-state index in [-0.39, 0.29) is 0 Å². The van der Waals surface area contributed by atoms with Crippen molar-refractivity contribution in [2.75, 3.05) is 109 Å². The number of rotatable bonds is 25. The second kappa shape index (κ2) is 23.3. The van der Waals surface area contributed by atoms with Gasteiger partial charge >= 0.3 is 0 Å². The molecule has 0 spiro atoms. The zero-order chi connectivity index (χ0) is 42.0. The average Bonchev–Trinajstić information content (AvgIpc) is 3.23. The summed E-state index contributed by atoms with van der Waals surface area (Å²) in [6, 6.07) is 20.3. The fraction of sp³-hybridized carbons (Fsp3) is 0.435. The van der Waals surface area contributed by atoms with E-state index in [2.05, 4.69) is 110 Å². The van der Waals surface area contributed by atoms with Crippen LogP contribution in [0.3, 0.4) is 0 Å². The number of benzene rings is 2. The molecule has 0 aliphatic carbocycles. The highest BCUT2D eigenvalue weighted by molar-refractivity contribution is 8.76. The van der Waals surface area contributed by atoms with Gasteiger partial charge in [-0.3, -0.25) is 0 Å². The third-order valence-electron chi connectivity index (χ3n) is 10.3. The van der Waals surface area contributed by atoms with Gasteiger partial charge in [0.1, 0.15) is 11.5 Å². The molecule has 4 rings (SSSR count). The largest absolute Gasteiger partial charge is 0.496 e. The molecule has 2 heterocycles. The van der Waals surface area contributed by atoms with Gasteiger partial charge in [-0.05, 0) is 36.4 Å². The van der Waals surface area contributed by atoms with Crippen LogP contribution in [0.4, 0.5) is 0 Å². The first-order valence-corrected chi connectivity index (χ1v) is 22.3. The smallest absolute Gasteiger partial charge is 0.205 e. The van der Waals surface area contributed by atoms with E-state index in [0.29, 0.717) is 23.0 Å². The molecule has 12 heteroatoms. The van der Waals surface area contributed by atoms with E-state index in [4.69, 9.17) is 28.4 Å². The van der Waals surface area contributed by atoms with Crippen LogP contribution in [0.2, 0.25) is 0 Å². The lowest BCUT2D eigenvalue weighted by molar-refractivity contribution is -0.890. The Hall–Kier alpha value is -4.36. The highest BCUT2D eigenvalue weighted by atomic mass is 33.1. The molecule has 2 aromatic heterocycles. The maximum absolute atomic E-state index is 5.63. The van der Waals surface area contributed by atoms with Crippen LogP contribution in [-0.2, 0) is 13.1 Å². The third-order valence-corrected chi connectivity index (χ3v) is 12.6. The lowest BCUT2D eigenvalue weighted by atomic mass is 10.1. The number of hydrogen-bond donors (Lipinski definition) is 0. The summed E-state index contributed by atoms with van der Waals surface area (Å²) in [7, 11) is 23.3. The Balaban J connectivity index is 1.17. The second-order valence-electron chi connectivity index (χ2n) is 15.3. The molecule has 0 unspecified atom stereocenters. The second-order valence-corrected chi connectivity index (χ2v) is 18.0. The van der Waals surface area contributed by atoms with Gasteiger partial charge in [0, 0.05) is 59.7 Å². The van der Waals surface area contributed by atoms with Crippen LogP contribution in [0.5, 0.6) is 34.5 Å². The van der Waals surface area contributed by atoms with Crippen molar-refractivity contribution in [2.45, 2.75) is 25.9 Å². The van der Waals surface area contributed by atoms with Gasteiger partial charge in [-0.25, -0.2) is 0 Å². The number of aryl methyl sites for hydroxylation is 2. The van der Waals surface area contributed by atoms with Crippen LogP contribution in [0.1, 0.15) is 35.4 Å². The van der Waals surface area contributed by atoms with Crippen LogP contribution in [0.15, 0.2) is 73.1 Å². The molecule has 0 bridgehead atoms. The Morgan fingerprint density at radius 1 is 0.466 bits per heavy atom. The molecule has 0 atom stereocenters. The minimum absolute atomic E-state index is 0.646. The SMILES string of the molecule is COc1cc(OC)c(OC)cc1/C=C/c1cccc[n+]1CCC[N+](C)(C)CCSSCC[N+](C)(C)CCC[n+]1ccccc1/C=C/c1cc(OC)c(OC)cc1OC. The van der Waals surface area contributed by atoms with E-state index in [9.17, 15) is 0 Å². The standard InChI is InChI=1S/C46H66N4O6S2/c1-49(2,27-15-25-47-23-13-11-17-39(47)21-19-37-33-43(53-7)45(55-9)35-41(37)51-5)29-31-57-58-32-30-50(3,4)28-16-26-48-24-14-12-18-40(48)22-20-38-34-44(54-8)46(56-10)36-42(38)52-6/h11-14,17-24,33-36H,15-16,25-32H2,1-10H3/q+4/b21-19+,22-20+. The topological polar surface area (TPSA) is 63.1 Å². The van der Waals surface area contributed by atoms with Gasteiger partial charge in [-0.1, -0.05) is 21.6 Å². The van der Waals surface area contributed by atoms with Gasteiger partial charge in [0.15, 0.2) is 48.5 Å². The van der Waals surface area contributed by atoms with Gasteiger partial charge in [0.2, 0.25) is 11.4 Å². The van der Waals surface area contributed by atoms with Gasteiger partial charge < -0.3 is 37.4 Å². The minimum atomic E-state index is 0.646. The molecule has 0 amide bonds. The summed E-state index contributed by atoms with van der Waals surface area (Å²) < 4.78 is 39.8. The van der Waals surface area contributed by atoms with Crippen LogP contribution in [0, 0.1) is 0 Å². The minimum Gasteiger partial charge on any atom is -0.496 e. The Morgan fingerprint density at radius 2 is 0.828 bits per heavy atom. The van der Waals surface area contributed by atoms with E-state index in [1.54, 1.807) is 42.7 Å². The zero-order valence-electron chi connectivity index (χ0n) is 36.4. The summed E-state index contributed by atoms with van der Waals surface area (Å²) in [5, 5.41) is 0. The van der Waals surface area contributed by atoms with E-state index in [0.717, 1.165) is 107 Å².